The number of anilines is 1. The van der Waals surface area contributed by atoms with Crippen LogP contribution in [0, 0.1) is 6.92 Å². The molecule has 1 amide bonds. The van der Waals surface area contributed by atoms with Gasteiger partial charge in [0.1, 0.15) is 5.75 Å². The maximum absolute atomic E-state index is 12.1. The highest BCUT2D eigenvalue weighted by atomic mass is 79.9. The van der Waals surface area contributed by atoms with Crippen molar-refractivity contribution in [1.29, 1.82) is 0 Å². The molecule has 0 aliphatic heterocycles. The number of nitrogens with one attached hydrogen (secondary N) is 1. The summed E-state index contributed by atoms with van der Waals surface area (Å²) in [4.78, 5) is 12.1. The van der Waals surface area contributed by atoms with Crippen molar-refractivity contribution < 1.29 is 9.90 Å². The fourth-order valence-corrected chi connectivity index (χ4v) is 2.10. The van der Waals surface area contributed by atoms with Gasteiger partial charge in [-0.2, -0.15) is 0 Å². The van der Waals surface area contributed by atoms with Crippen molar-refractivity contribution in [2.45, 2.75) is 6.92 Å². The topological polar surface area (TPSA) is 49.3 Å². The monoisotopic (exact) mass is 339 g/mol. The molecule has 5 heteroatoms. The third kappa shape index (κ3) is 3.28. The normalized spacial score (nSPS) is 10.3. The van der Waals surface area contributed by atoms with Crippen molar-refractivity contribution >= 4 is 39.1 Å². The van der Waals surface area contributed by atoms with Crippen LogP contribution in [0.1, 0.15) is 15.9 Å². The minimum absolute atomic E-state index is 0.167. The number of aryl methyl sites for hydroxylation is 1. The summed E-state index contributed by atoms with van der Waals surface area (Å²) in [6.07, 6.45) is 0. The first-order valence-corrected chi connectivity index (χ1v) is 6.70. The number of carbonyl (C=O) groups excluding carboxylic acids is 1. The van der Waals surface area contributed by atoms with Gasteiger partial charge >= 0.3 is 0 Å². The fourth-order valence-electron chi connectivity index (χ4n) is 1.58. The third-order valence-corrected chi connectivity index (χ3v) is 3.56. The Labute approximate surface area is 124 Å². The van der Waals surface area contributed by atoms with Crippen LogP contribution in [0.15, 0.2) is 40.9 Å². The molecule has 0 radical (unpaired) electrons. The van der Waals surface area contributed by atoms with Gasteiger partial charge in [-0.05, 0) is 64.8 Å². The van der Waals surface area contributed by atoms with Gasteiger partial charge in [-0.1, -0.05) is 11.6 Å². The molecule has 0 aliphatic carbocycles. The molecule has 0 aliphatic rings. The van der Waals surface area contributed by atoms with Gasteiger partial charge < -0.3 is 10.4 Å². The van der Waals surface area contributed by atoms with E-state index in [-0.39, 0.29) is 11.7 Å². The summed E-state index contributed by atoms with van der Waals surface area (Å²) in [5, 5.41) is 12.7. The third-order valence-electron chi connectivity index (χ3n) is 2.64. The number of hydrogen-bond donors (Lipinski definition) is 2. The highest BCUT2D eigenvalue weighted by molar-refractivity contribution is 9.10. The van der Waals surface area contributed by atoms with Crippen LogP contribution in [0.2, 0.25) is 5.02 Å². The van der Waals surface area contributed by atoms with Crippen LogP contribution in [0.4, 0.5) is 5.69 Å². The summed E-state index contributed by atoms with van der Waals surface area (Å²) in [6, 6.07) is 9.85. The number of aromatic hydroxyl groups is 1. The Morgan fingerprint density at radius 3 is 2.68 bits per heavy atom. The SMILES string of the molecule is Cc1cc(C(=O)Nc2cc(Cl)ccc2Br)ccc1O. The number of benzene rings is 2. The zero-order valence-electron chi connectivity index (χ0n) is 10.1. The number of hydrogen-bond acceptors (Lipinski definition) is 2. The van der Waals surface area contributed by atoms with Crippen molar-refractivity contribution in [3.63, 3.8) is 0 Å². The molecule has 0 spiro atoms. The molecule has 0 aromatic heterocycles. The van der Waals surface area contributed by atoms with Gasteiger partial charge in [0.15, 0.2) is 0 Å². The standard InChI is InChI=1S/C14H11BrClNO2/c1-8-6-9(2-5-13(8)18)14(19)17-12-7-10(16)3-4-11(12)15/h2-7,18H,1H3,(H,17,19). The summed E-state index contributed by atoms with van der Waals surface area (Å²) in [5.74, 6) is -0.0912. The average molecular weight is 341 g/mol. The number of halogens is 2. The lowest BCUT2D eigenvalue weighted by Crippen LogP contribution is -2.12. The van der Waals surface area contributed by atoms with E-state index in [1.165, 1.54) is 6.07 Å². The van der Waals surface area contributed by atoms with Gasteiger partial charge in [0.2, 0.25) is 0 Å². The van der Waals surface area contributed by atoms with Crippen LogP contribution in [-0.4, -0.2) is 11.0 Å². The van der Waals surface area contributed by atoms with E-state index >= 15 is 0 Å². The Morgan fingerprint density at radius 2 is 2.00 bits per heavy atom. The van der Waals surface area contributed by atoms with Gasteiger partial charge in [-0.25, -0.2) is 0 Å². The van der Waals surface area contributed by atoms with Gasteiger partial charge in [0.05, 0.1) is 5.69 Å². The molecule has 2 aromatic rings. The zero-order chi connectivity index (χ0) is 14.0. The smallest absolute Gasteiger partial charge is 0.255 e. The van der Waals surface area contributed by atoms with Crippen molar-refractivity contribution in [3.05, 3.63) is 57.0 Å². The molecular weight excluding hydrogens is 330 g/mol. The average Bonchev–Trinajstić information content (AvgIpc) is 2.37. The number of amides is 1. The van der Waals surface area contributed by atoms with E-state index in [9.17, 15) is 9.90 Å². The molecule has 2 rings (SSSR count). The van der Waals surface area contributed by atoms with Gasteiger partial charge in [0, 0.05) is 15.1 Å². The maximum Gasteiger partial charge on any atom is 0.255 e. The van der Waals surface area contributed by atoms with E-state index in [0.717, 1.165) is 4.47 Å². The van der Waals surface area contributed by atoms with Crippen LogP contribution in [0.3, 0.4) is 0 Å². The minimum atomic E-state index is -0.258. The Kier molecular flexibility index (Phi) is 4.12. The first-order valence-electron chi connectivity index (χ1n) is 5.53. The summed E-state index contributed by atoms with van der Waals surface area (Å²) in [5.41, 5.74) is 1.73. The highest BCUT2D eigenvalue weighted by Gasteiger charge is 2.10. The molecule has 2 aromatic carbocycles. The predicted octanol–water partition coefficient (Wildman–Crippen LogP) is 4.37. The van der Waals surface area contributed by atoms with Gasteiger partial charge in [-0.15, -0.1) is 0 Å². The van der Waals surface area contributed by atoms with Crippen molar-refractivity contribution in [2.75, 3.05) is 5.32 Å². The van der Waals surface area contributed by atoms with Crippen LogP contribution >= 0.6 is 27.5 Å². The van der Waals surface area contributed by atoms with E-state index in [4.69, 9.17) is 11.6 Å². The Morgan fingerprint density at radius 1 is 1.26 bits per heavy atom. The second-order valence-electron chi connectivity index (χ2n) is 4.08. The number of phenolic OH excluding ortho intramolecular Hbond substituents is 1. The lowest BCUT2D eigenvalue weighted by atomic mass is 10.1. The lowest BCUT2D eigenvalue weighted by Gasteiger charge is -2.09. The molecule has 0 heterocycles. The molecule has 0 bridgehead atoms. The summed E-state index contributed by atoms with van der Waals surface area (Å²) >= 11 is 9.23. The Balaban J connectivity index is 2.25. The van der Waals surface area contributed by atoms with E-state index < -0.39 is 0 Å². The number of carbonyl (C=O) groups is 1. The maximum atomic E-state index is 12.1. The number of phenols is 1. The van der Waals surface area contributed by atoms with Crippen LogP contribution in [-0.2, 0) is 0 Å². The van der Waals surface area contributed by atoms with Gasteiger partial charge in [-0.3, -0.25) is 4.79 Å². The van der Waals surface area contributed by atoms with Crippen molar-refractivity contribution in [2.24, 2.45) is 0 Å². The van der Waals surface area contributed by atoms with Crippen LogP contribution in [0.25, 0.3) is 0 Å². The molecule has 0 unspecified atom stereocenters. The molecular formula is C14H11BrClNO2. The molecule has 19 heavy (non-hydrogen) atoms. The molecule has 0 saturated carbocycles. The fraction of sp³-hybridized carbons (Fsp3) is 0.0714. The molecule has 0 saturated heterocycles. The highest BCUT2D eigenvalue weighted by Crippen LogP contribution is 2.26. The van der Waals surface area contributed by atoms with Crippen LogP contribution in [0.5, 0.6) is 5.75 Å². The van der Waals surface area contributed by atoms with Crippen LogP contribution < -0.4 is 5.32 Å². The summed E-state index contributed by atoms with van der Waals surface area (Å²) < 4.78 is 0.751. The first kappa shape index (κ1) is 13.9. The zero-order valence-corrected chi connectivity index (χ0v) is 12.4. The Hall–Kier alpha value is -1.52. The van der Waals surface area contributed by atoms with E-state index in [2.05, 4.69) is 21.2 Å². The van der Waals surface area contributed by atoms with E-state index in [1.54, 1.807) is 37.3 Å². The first-order chi connectivity index (χ1) is 8.97. The lowest BCUT2D eigenvalue weighted by molar-refractivity contribution is 0.102. The van der Waals surface area contributed by atoms with Crippen molar-refractivity contribution in [1.82, 2.24) is 0 Å². The predicted molar refractivity (Wildman–Crippen MR) is 79.9 cm³/mol. The molecule has 3 nitrogen and oxygen atoms in total. The largest absolute Gasteiger partial charge is 0.508 e. The minimum Gasteiger partial charge on any atom is -0.508 e. The van der Waals surface area contributed by atoms with Gasteiger partial charge in [0.25, 0.3) is 5.91 Å². The molecule has 0 atom stereocenters. The quantitative estimate of drug-likeness (QED) is 0.853. The molecule has 98 valence electrons. The molecule has 2 N–H and O–H groups in total. The summed E-state index contributed by atoms with van der Waals surface area (Å²) in [6.45, 7) is 1.74. The second kappa shape index (κ2) is 5.63. The Bertz CT molecular complexity index is 643. The molecule has 0 fully saturated rings. The number of rotatable bonds is 2. The van der Waals surface area contributed by atoms with E-state index in [1.807, 2.05) is 0 Å². The second-order valence-corrected chi connectivity index (χ2v) is 5.37. The summed E-state index contributed by atoms with van der Waals surface area (Å²) in [7, 11) is 0. The van der Waals surface area contributed by atoms with E-state index in [0.29, 0.717) is 21.8 Å². The van der Waals surface area contributed by atoms with Crippen molar-refractivity contribution in [3.8, 4) is 5.75 Å².